The Hall–Kier alpha value is -1.81. The van der Waals surface area contributed by atoms with Crippen molar-refractivity contribution in [2.45, 2.75) is 44.6 Å². The third-order valence-electron chi connectivity index (χ3n) is 5.52. The lowest BCUT2D eigenvalue weighted by Crippen LogP contribution is -2.57. The van der Waals surface area contributed by atoms with Gasteiger partial charge in [0.05, 0.1) is 0 Å². The van der Waals surface area contributed by atoms with E-state index in [2.05, 4.69) is 35.9 Å². The number of rotatable bonds is 4. The number of urea groups is 1. The first-order valence-electron chi connectivity index (χ1n) is 9.18. The molecule has 2 aliphatic rings. The first-order valence-corrected chi connectivity index (χ1v) is 9.18. The minimum Gasteiger partial charge on any atom is -0.323 e. The molecule has 2 aliphatic heterocycles. The summed E-state index contributed by atoms with van der Waals surface area (Å²) in [5, 5.41) is 3.09. The molecule has 2 amide bonds. The van der Waals surface area contributed by atoms with Gasteiger partial charge in [-0.15, -0.1) is 6.58 Å². The summed E-state index contributed by atoms with van der Waals surface area (Å²) in [6.45, 7) is 9.76. The normalized spacial score (nSPS) is 24.3. The summed E-state index contributed by atoms with van der Waals surface area (Å²) >= 11 is 0. The molecule has 130 valence electrons. The number of carbonyl (C=O) groups is 1. The van der Waals surface area contributed by atoms with Gasteiger partial charge in [-0.1, -0.05) is 25.1 Å². The van der Waals surface area contributed by atoms with Gasteiger partial charge in [0.2, 0.25) is 0 Å². The summed E-state index contributed by atoms with van der Waals surface area (Å²) in [7, 11) is 0. The average Bonchev–Trinajstić information content (AvgIpc) is 2.97. The molecular weight excluding hydrogens is 298 g/mol. The summed E-state index contributed by atoms with van der Waals surface area (Å²) in [5.41, 5.74) is 2.30. The summed E-state index contributed by atoms with van der Waals surface area (Å²) < 4.78 is 0. The second-order valence-corrected chi connectivity index (χ2v) is 7.07. The number of benzene rings is 1. The third-order valence-corrected chi connectivity index (χ3v) is 5.52. The average molecular weight is 327 g/mol. The molecule has 0 aromatic heterocycles. The van der Waals surface area contributed by atoms with Crippen LogP contribution in [0.3, 0.4) is 0 Å². The lowest BCUT2D eigenvalue weighted by atomic mass is 9.86. The summed E-state index contributed by atoms with van der Waals surface area (Å²) in [6, 6.07) is 8.17. The Kier molecular flexibility index (Phi) is 5.24. The van der Waals surface area contributed by atoms with Crippen LogP contribution < -0.4 is 5.32 Å². The molecule has 1 aromatic rings. The second-order valence-electron chi connectivity index (χ2n) is 7.07. The standard InChI is InChI=1S/C20H29N3O/c1-3-12-23-14-7-11-20(23)10-6-13-22(16-20)19(24)21-18-9-5-8-17(4-2)15-18/h3,5,8-9,15H,1,4,6-7,10-14,16H2,2H3,(H,21,24). The van der Waals surface area contributed by atoms with Gasteiger partial charge >= 0.3 is 6.03 Å². The minimum atomic E-state index is 0.0350. The molecule has 2 fully saturated rings. The highest BCUT2D eigenvalue weighted by molar-refractivity contribution is 5.89. The third kappa shape index (κ3) is 3.48. The predicted octanol–water partition coefficient (Wildman–Crippen LogP) is 3.90. The summed E-state index contributed by atoms with van der Waals surface area (Å²) in [6.07, 6.45) is 7.65. The molecule has 0 bridgehead atoms. The number of amides is 2. The number of aryl methyl sites for hydroxylation is 1. The highest BCUT2D eigenvalue weighted by Crippen LogP contribution is 2.37. The molecule has 3 rings (SSSR count). The number of nitrogens with one attached hydrogen (secondary N) is 1. The van der Waals surface area contributed by atoms with Gasteiger partial charge in [-0.05, 0) is 56.3 Å². The van der Waals surface area contributed by atoms with Crippen molar-refractivity contribution in [1.29, 1.82) is 0 Å². The van der Waals surface area contributed by atoms with Crippen LogP contribution >= 0.6 is 0 Å². The van der Waals surface area contributed by atoms with Gasteiger partial charge in [-0.3, -0.25) is 4.90 Å². The van der Waals surface area contributed by atoms with Crippen LogP contribution in [0.4, 0.5) is 10.5 Å². The van der Waals surface area contributed by atoms with E-state index in [0.29, 0.717) is 0 Å². The Morgan fingerprint density at radius 1 is 1.33 bits per heavy atom. The second kappa shape index (κ2) is 7.39. The number of carbonyl (C=O) groups excluding carboxylic acids is 1. The zero-order valence-electron chi connectivity index (χ0n) is 14.8. The van der Waals surface area contributed by atoms with Crippen LogP contribution in [0.25, 0.3) is 0 Å². The van der Waals surface area contributed by atoms with E-state index in [1.807, 2.05) is 23.1 Å². The topological polar surface area (TPSA) is 35.6 Å². The Bertz CT molecular complexity index is 600. The van der Waals surface area contributed by atoms with E-state index in [1.54, 1.807) is 0 Å². The van der Waals surface area contributed by atoms with Crippen LogP contribution in [-0.2, 0) is 6.42 Å². The van der Waals surface area contributed by atoms with Crippen molar-refractivity contribution >= 4 is 11.7 Å². The lowest BCUT2D eigenvalue weighted by molar-refractivity contribution is 0.0670. The van der Waals surface area contributed by atoms with E-state index < -0.39 is 0 Å². The van der Waals surface area contributed by atoms with E-state index in [1.165, 1.54) is 24.8 Å². The largest absolute Gasteiger partial charge is 0.323 e. The van der Waals surface area contributed by atoms with Crippen LogP contribution in [-0.4, -0.2) is 47.5 Å². The number of likely N-dealkylation sites (tertiary alicyclic amines) is 2. The molecule has 1 N–H and O–H groups in total. The first-order chi connectivity index (χ1) is 11.7. The number of piperidine rings is 1. The highest BCUT2D eigenvalue weighted by atomic mass is 16.2. The molecule has 0 saturated carbocycles. The Balaban J connectivity index is 1.67. The van der Waals surface area contributed by atoms with Crippen molar-refractivity contribution in [1.82, 2.24) is 9.80 Å². The first kappa shape index (κ1) is 17.0. The van der Waals surface area contributed by atoms with E-state index >= 15 is 0 Å². The monoisotopic (exact) mass is 327 g/mol. The molecule has 4 nitrogen and oxygen atoms in total. The zero-order valence-corrected chi connectivity index (χ0v) is 14.8. The zero-order chi connectivity index (χ0) is 17.0. The highest BCUT2D eigenvalue weighted by Gasteiger charge is 2.44. The number of hydrogen-bond donors (Lipinski definition) is 1. The number of hydrogen-bond acceptors (Lipinski definition) is 2. The van der Waals surface area contributed by atoms with Crippen molar-refractivity contribution in [2.75, 3.05) is 31.5 Å². The van der Waals surface area contributed by atoms with Crippen LogP contribution in [0, 0.1) is 0 Å². The molecular formula is C20H29N3O. The number of nitrogens with zero attached hydrogens (tertiary/aromatic N) is 2. The smallest absolute Gasteiger partial charge is 0.321 e. The summed E-state index contributed by atoms with van der Waals surface area (Å²) in [5.74, 6) is 0. The quantitative estimate of drug-likeness (QED) is 0.851. The molecule has 2 saturated heterocycles. The molecule has 2 heterocycles. The predicted molar refractivity (Wildman–Crippen MR) is 99.4 cm³/mol. The fourth-order valence-electron chi connectivity index (χ4n) is 4.25. The van der Waals surface area contributed by atoms with Crippen molar-refractivity contribution in [3.05, 3.63) is 42.5 Å². The Morgan fingerprint density at radius 2 is 2.12 bits per heavy atom. The van der Waals surface area contributed by atoms with Crippen molar-refractivity contribution in [3.63, 3.8) is 0 Å². The van der Waals surface area contributed by atoms with E-state index in [0.717, 1.165) is 44.7 Å². The van der Waals surface area contributed by atoms with E-state index in [4.69, 9.17) is 0 Å². The van der Waals surface area contributed by atoms with Gasteiger partial charge in [-0.2, -0.15) is 0 Å². The molecule has 24 heavy (non-hydrogen) atoms. The van der Waals surface area contributed by atoms with Gasteiger partial charge in [-0.25, -0.2) is 4.79 Å². The molecule has 1 aromatic carbocycles. The van der Waals surface area contributed by atoms with Crippen LogP contribution in [0.15, 0.2) is 36.9 Å². The molecule has 0 radical (unpaired) electrons. The molecule has 1 unspecified atom stereocenters. The SMILES string of the molecule is C=CCN1CCCC12CCCN(C(=O)Nc1cccc(CC)c1)C2. The maximum Gasteiger partial charge on any atom is 0.321 e. The van der Waals surface area contributed by atoms with Gasteiger partial charge in [0, 0.05) is 30.9 Å². The fraction of sp³-hybridized carbons (Fsp3) is 0.550. The van der Waals surface area contributed by atoms with Gasteiger partial charge in [0.15, 0.2) is 0 Å². The van der Waals surface area contributed by atoms with Gasteiger partial charge in [0.25, 0.3) is 0 Å². The van der Waals surface area contributed by atoms with Gasteiger partial charge < -0.3 is 10.2 Å². The number of anilines is 1. The molecule has 0 aliphatic carbocycles. The maximum atomic E-state index is 12.7. The van der Waals surface area contributed by atoms with Crippen LogP contribution in [0.5, 0.6) is 0 Å². The maximum absolute atomic E-state index is 12.7. The molecule has 1 atom stereocenters. The van der Waals surface area contributed by atoms with E-state index in [9.17, 15) is 4.79 Å². The van der Waals surface area contributed by atoms with Crippen LogP contribution in [0.2, 0.25) is 0 Å². The minimum absolute atomic E-state index is 0.0350. The fourth-order valence-corrected chi connectivity index (χ4v) is 4.25. The van der Waals surface area contributed by atoms with E-state index in [-0.39, 0.29) is 11.6 Å². The Labute approximate surface area is 145 Å². The Morgan fingerprint density at radius 3 is 2.88 bits per heavy atom. The molecule has 4 heteroatoms. The lowest BCUT2D eigenvalue weighted by Gasteiger charge is -2.45. The van der Waals surface area contributed by atoms with Crippen molar-refractivity contribution in [3.8, 4) is 0 Å². The van der Waals surface area contributed by atoms with Crippen molar-refractivity contribution in [2.24, 2.45) is 0 Å². The van der Waals surface area contributed by atoms with Crippen molar-refractivity contribution < 1.29 is 4.79 Å². The molecule has 1 spiro atoms. The van der Waals surface area contributed by atoms with Crippen LogP contribution in [0.1, 0.15) is 38.2 Å². The summed E-state index contributed by atoms with van der Waals surface area (Å²) in [4.78, 5) is 17.3. The van der Waals surface area contributed by atoms with Gasteiger partial charge in [0.1, 0.15) is 0 Å².